The average Bonchev–Trinajstić information content (AvgIpc) is 2.93. The molecule has 3 N–H and O–H groups in total. The number of hydrogen-bond donors (Lipinski definition) is 3. The van der Waals surface area contributed by atoms with E-state index in [1.165, 1.54) is 0 Å². The Kier molecular flexibility index (Phi) is 5.29. The number of aromatic nitrogens is 2. The van der Waals surface area contributed by atoms with Crippen LogP contribution in [-0.2, 0) is 18.7 Å². The summed E-state index contributed by atoms with van der Waals surface area (Å²) in [5.41, 5.74) is 2.91. The van der Waals surface area contributed by atoms with E-state index < -0.39 is 5.60 Å². The summed E-state index contributed by atoms with van der Waals surface area (Å²) in [4.78, 5) is 0. The number of aryl methyl sites for hydroxylation is 3. The van der Waals surface area contributed by atoms with Gasteiger partial charge in [-0.15, -0.1) is 0 Å². The molecular weight excluding hydrogens is 294 g/mol. The molecule has 0 radical (unpaired) electrons. The summed E-state index contributed by atoms with van der Waals surface area (Å²) in [5.74, 6) is 1.55. The molecule has 6 nitrogen and oxygen atoms in total. The van der Waals surface area contributed by atoms with Crippen molar-refractivity contribution in [3.63, 3.8) is 0 Å². The predicted octanol–water partition coefficient (Wildman–Crippen LogP) is 1.70. The molecule has 2 aromatic heterocycles. The highest BCUT2D eigenvalue weighted by atomic mass is 16.3. The van der Waals surface area contributed by atoms with Crippen LogP contribution >= 0.6 is 0 Å². The summed E-state index contributed by atoms with van der Waals surface area (Å²) in [6, 6.07) is 1.88. The first-order valence-corrected chi connectivity index (χ1v) is 7.90. The third kappa shape index (κ3) is 3.83. The minimum absolute atomic E-state index is 0.0721. The van der Waals surface area contributed by atoms with Crippen molar-refractivity contribution in [3.8, 4) is 0 Å². The van der Waals surface area contributed by atoms with Crippen molar-refractivity contribution >= 4 is 0 Å². The lowest BCUT2D eigenvalue weighted by molar-refractivity contribution is 0.0551. The molecule has 2 rings (SSSR count). The van der Waals surface area contributed by atoms with Crippen LogP contribution in [0.1, 0.15) is 41.0 Å². The fourth-order valence-corrected chi connectivity index (χ4v) is 2.99. The predicted molar refractivity (Wildman–Crippen MR) is 88.2 cm³/mol. The fourth-order valence-electron chi connectivity index (χ4n) is 2.99. The van der Waals surface area contributed by atoms with Crippen molar-refractivity contribution in [1.82, 2.24) is 15.1 Å². The third-order valence-corrected chi connectivity index (χ3v) is 4.24. The number of nitrogens with one attached hydrogen (secondary N) is 1. The molecule has 0 amide bonds. The average molecular weight is 321 g/mol. The monoisotopic (exact) mass is 321 g/mol. The third-order valence-electron chi connectivity index (χ3n) is 4.24. The van der Waals surface area contributed by atoms with Gasteiger partial charge < -0.3 is 19.9 Å². The molecule has 0 saturated carbocycles. The molecule has 0 bridgehead atoms. The summed E-state index contributed by atoms with van der Waals surface area (Å²) in [7, 11) is 0. The van der Waals surface area contributed by atoms with E-state index in [0.717, 1.165) is 34.0 Å². The van der Waals surface area contributed by atoms with Crippen LogP contribution < -0.4 is 5.32 Å². The van der Waals surface area contributed by atoms with Crippen molar-refractivity contribution in [1.29, 1.82) is 0 Å². The molecule has 2 heterocycles. The van der Waals surface area contributed by atoms with Gasteiger partial charge in [0, 0.05) is 29.9 Å². The van der Waals surface area contributed by atoms with E-state index in [2.05, 4.69) is 10.4 Å². The van der Waals surface area contributed by atoms with Gasteiger partial charge >= 0.3 is 0 Å². The molecule has 0 saturated heterocycles. The SMILES string of the molecule is Cc1cc(C(C)(O)CNCc2c(C)nn(CCO)c2C)c(C)o1. The summed E-state index contributed by atoms with van der Waals surface area (Å²) in [5, 5.41) is 27.5. The van der Waals surface area contributed by atoms with Gasteiger partial charge in [-0.05, 0) is 40.7 Å². The van der Waals surface area contributed by atoms with E-state index in [9.17, 15) is 5.11 Å². The van der Waals surface area contributed by atoms with Crippen molar-refractivity contribution in [3.05, 3.63) is 40.1 Å². The van der Waals surface area contributed by atoms with E-state index in [1.807, 2.05) is 38.4 Å². The number of aliphatic hydroxyl groups excluding tert-OH is 1. The molecule has 0 aliphatic heterocycles. The molecule has 0 spiro atoms. The summed E-state index contributed by atoms with van der Waals surface area (Å²) in [6.45, 7) is 11.1. The van der Waals surface area contributed by atoms with Gasteiger partial charge in [-0.25, -0.2) is 0 Å². The number of furan rings is 1. The van der Waals surface area contributed by atoms with Crippen LogP contribution in [0.15, 0.2) is 10.5 Å². The molecule has 1 unspecified atom stereocenters. The zero-order valence-corrected chi connectivity index (χ0v) is 14.6. The maximum absolute atomic E-state index is 10.7. The lowest BCUT2D eigenvalue weighted by atomic mass is 9.96. The fraction of sp³-hybridized carbons (Fsp3) is 0.588. The minimum atomic E-state index is -0.995. The second-order valence-electron chi connectivity index (χ2n) is 6.30. The molecule has 2 aromatic rings. The smallest absolute Gasteiger partial charge is 0.107 e. The minimum Gasteiger partial charge on any atom is -0.466 e. The van der Waals surface area contributed by atoms with Crippen LogP contribution in [0, 0.1) is 27.7 Å². The number of nitrogens with zero attached hydrogens (tertiary/aromatic N) is 2. The van der Waals surface area contributed by atoms with Crippen LogP contribution in [0.5, 0.6) is 0 Å². The second-order valence-corrected chi connectivity index (χ2v) is 6.30. The highest BCUT2D eigenvalue weighted by molar-refractivity contribution is 5.27. The number of hydrogen-bond acceptors (Lipinski definition) is 5. The number of rotatable bonds is 7. The van der Waals surface area contributed by atoms with Crippen LogP contribution in [0.25, 0.3) is 0 Å². The van der Waals surface area contributed by atoms with Crippen molar-refractivity contribution in [2.75, 3.05) is 13.2 Å². The molecule has 6 heteroatoms. The molecule has 23 heavy (non-hydrogen) atoms. The maximum atomic E-state index is 10.7. The lowest BCUT2D eigenvalue weighted by Crippen LogP contribution is -2.35. The Morgan fingerprint density at radius 1 is 1.30 bits per heavy atom. The quantitative estimate of drug-likeness (QED) is 0.723. The van der Waals surface area contributed by atoms with Gasteiger partial charge in [0.2, 0.25) is 0 Å². The maximum Gasteiger partial charge on any atom is 0.107 e. The molecule has 128 valence electrons. The Labute approximate surface area is 137 Å². The van der Waals surface area contributed by atoms with E-state index >= 15 is 0 Å². The van der Waals surface area contributed by atoms with E-state index in [0.29, 0.717) is 19.6 Å². The Balaban J connectivity index is 2.03. The van der Waals surface area contributed by atoms with Gasteiger partial charge in [-0.2, -0.15) is 5.10 Å². The first-order chi connectivity index (χ1) is 10.8. The second kappa shape index (κ2) is 6.86. The van der Waals surface area contributed by atoms with Gasteiger partial charge in [0.25, 0.3) is 0 Å². The first-order valence-electron chi connectivity index (χ1n) is 7.90. The molecule has 0 fully saturated rings. The van der Waals surface area contributed by atoms with Crippen LogP contribution in [-0.4, -0.2) is 33.1 Å². The van der Waals surface area contributed by atoms with Gasteiger partial charge in [0.1, 0.15) is 17.1 Å². The van der Waals surface area contributed by atoms with E-state index in [4.69, 9.17) is 9.52 Å². The van der Waals surface area contributed by atoms with Crippen LogP contribution in [0.2, 0.25) is 0 Å². The summed E-state index contributed by atoms with van der Waals surface area (Å²) in [6.07, 6.45) is 0. The van der Waals surface area contributed by atoms with Crippen LogP contribution in [0.3, 0.4) is 0 Å². The van der Waals surface area contributed by atoms with Crippen molar-refractivity contribution in [2.45, 2.75) is 53.3 Å². The zero-order valence-electron chi connectivity index (χ0n) is 14.6. The van der Waals surface area contributed by atoms with Gasteiger partial charge in [-0.3, -0.25) is 4.68 Å². The highest BCUT2D eigenvalue weighted by Gasteiger charge is 2.27. The molecule has 0 aliphatic carbocycles. The van der Waals surface area contributed by atoms with Crippen LogP contribution in [0.4, 0.5) is 0 Å². The van der Waals surface area contributed by atoms with Gasteiger partial charge in [0.05, 0.1) is 18.8 Å². The first kappa shape index (κ1) is 17.7. The largest absolute Gasteiger partial charge is 0.466 e. The van der Waals surface area contributed by atoms with Crippen molar-refractivity contribution < 1.29 is 14.6 Å². The Morgan fingerprint density at radius 3 is 2.57 bits per heavy atom. The standard InChI is InChI=1S/C17H27N3O3/c1-11-8-16(14(4)23-11)17(5,22)10-18-9-15-12(2)19-20(6-7-21)13(15)3/h8,18,21-22H,6-7,9-10H2,1-5H3. The Hall–Kier alpha value is -1.63. The molecule has 1 atom stereocenters. The van der Waals surface area contributed by atoms with Gasteiger partial charge in [-0.1, -0.05) is 0 Å². The van der Waals surface area contributed by atoms with Gasteiger partial charge in [0.15, 0.2) is 0 Å². The molecule has 0 aromatic carbocycles. The van der Waals surface area contributed by atoms with E-state index in [-0.39, 0.29) is 6.61 Å². The Morgan fingerprint density at radius 2 is 2.00 bits per heavy atom. The molecular formula is C17H27N3O3. The summed E-state index contributed by atoms with van der Waals surface area (Å²) >= 11 is 0. The number of aliphatic hydroxyl groups is 2. The molecule has 0 aliphatic rings. The Bertz CT molecular complexity index is 671. The van der Waals surface area contributed by atoms with Crippen molar-refractivity contribution in [2.24, 2.45) is 0 Å². The summed E-state index contributed by atoms with van der Waals surface area (Å²) < 4.78 is 7.32. The highest BCUT2D eigenvalue weighted by Crippen LogP contribution is 2.26. The zero-order chi connectivity index (χ0) is 17.2. The van der Waals surface area contributed by atoms with E-state index in [1.54, 1.807) is 6.92 Å². The lowest BCUT2D eigenvalue weighted by Gasteiger charge is -2.23. The normalized spacial score (nSPS) is 14.2. The topological polar surface area (TPSA) is 83.5 Å².